The zero-order valence-electron chi connectivity index (χ0n) is 16.2. The summed E-state index contributed by atoms with van der Waals surface area (Å²) in [6.45, 7) is 5.63. The Labute approximate surface area is 158 Å². The molecule has 1 aromatic carbocycles. The molecule has 1 N–H and O–H groups in total. The average molecular weight is 362 g/mol. The predicted octanol–water partition coefficient (Wildman–Crippen LogP) is 3.94. The molecule has 4 atom stereocenters. The third kappa shape index (κ3) is 5.53. The summed E-state index contributed by atoms with van der Waals surface area (Å²) in [6.07, 6.45) is 8.38. The maximum Gasteiger partial charge on any atom is 0.102 e. The summed E-state index contributed by atoms with van der Waals surface area (Å²) >= 11 is 0. The Morgan fingerprint density at radius 3 is 2.73 bits per heavy atom. The third-order valence-corrected chi connectivity index (χ3v) is 5.82. The van der Waals surface area contributed by atoms with Gasteiger partial charge in [-0.15, -0.1) is 0 Å². The normalized spacial score (nSPS) is 28.3. The van der Waals surface area contributed by atoms with Crippen LogP contribution in [0.2, 0.25) is 0 Å². The molecule has 1 aromatic rings. The van der Waals surface area contributed by atoms with Gasteiger partial charge >= 0.3 is 0 Å². The maximum atomic E-state index is 10.4. The van der Waals surface area contributed by atoms with E-state index in [1.165, 1.54) is 25.7 Å². The van der Waals surface area contributed by atoms with Crippen LogP contribution in [0.4, 0.5) is 0 Å². The standard InChI is InChI=1S/C22H35NO3/c1-2-3-15-25-19-13-14-23(16-19)20-11-7-8-12-22(20)26-17-21(24)18-9-5-4-6-10-18/h4-6,9-10,19-22,24H,2-3,7-8,11-17H2,1H3/t19-,20?,21?,22?/m1/s1. The van der Waals surface area contributed by atoms with E-state index in [2.05, 4.69) is 11.8 Å². The van der Waals surface area contributed by atoms with Crippen molar-refractivity contribution in [2.45, 2.75) is 76.2 Å². The number of hydrogen-bond donors (Lipinski definition) is 1. The van der Waals surface area contributed by atoms with Crippen LogP contribution in [0.15, 0.2) is 30.3 Å². The fraction of sp³-hybridized carbons (Fsp3) is 0.727. The average Bonchev–Trinajstić information content (AvgIpc) is 3.16. The van der Waals surface area contributed by atoms with E-state index in [1.807, 2.05) is 30.3 Å². The third-order valence-electron chi connectivity index (χ3n) is 5.82. The van der Waals surface area contributed by atoms with E-state index in [-0.39, 0.29) is 6.10 Å². The van der Waals surface area contributed by atoms with Gasteiger partial charge in [-0.05, 0) is 31.2 Å². The van der Waals surface area contributed by atoms with Gasteiger partial charge in [0.15, 0.2) is 0 Å². The Bertz CT molecular complexity index is 509. The van der Waals surface area contributed by atoms with Gasteiger partial charge in [0.25, 0.3) is 0 Å². The number of aliphatic hydroxyl groups is 1. The minimum Gasteiger partial charge on any atom is -0.386 e. The quantitative estimate of drug-likeness (QED) is 0.677. The van der Waals surface area contributed by atoms with E-state index >= 15 is 0 Å². The number of benzene rings is 1. The molecule has 4 nitrogen and oxygen atoms in total. The van der Waals surface area contributed by atoms with Crippen molar-refractivity contribution in [2.75, 3.05) is 26.3 Å². The molecule has 26 heavy (non-hydrogen) atoms. The number of ether oxygens (including phenoxy) is 2. The summed E-state index contributed by atoms with van der Waals surface area (Å²) in [5.41, 5.74) is 0.936. The van der Waals surface area contributed by atoms with Gasteiger partial charge in [-0.25, -0.2) is 0 Å². The van der Waals surface area contributed by atoms with Crippen LogP contribution in [0.5, 0.6) is 0 Å². The van der Waals surface area contributed by atoms with Crippen LogP contribution < -0.4 is 0 Å². The molecule has 0 amide bonds. The minimum atomic E-state index is -0.539. The molecule has 2 fully saturated rings. The number of unbranched alkanes of at least 4 members (excludes halogenated alkanes) is 1. The highest BCUT2D eigenvalue weighted by molar-refractivity contribution is 5.17. The highest BCUT2D eigenvalue weighted by atomic mass is 16.5. The number of nitrogens with zero attached hydrogens (tertiary/aromatic N) is 1. The van der Waals surface area contributed by atoms with Crippen LogP contribution in [0, 0.1) is 0 Å². The lowest BCUT2D eigenvalue weighted by Crippen LogP contribution is -2.46. The number of rotatable bonds is 9. The molecule has 3 rings (SSSR count). The predicted molar refractivity (Wildman–Crippen MR) is 104 cm³/mol. The van der Waals surface area contributed by atoms with Gasteiger partial charge < -0.3 is 14.6 Å². The molecule has 2 aliphatic rings. The first-order valence-electron chi connectivity index (χ1n) is 10.5. The van der Waals surface area contributed by atoms with Crippen LogP contribution in [0.3, 0.4) is 0 Å². The molecule has 1 saturated carbocycles. The molecule has 146 valence electrons. The Hall–Kier alpha value is -0.940. The zero-order chi connectivity index (χ0) is 18.2. The van der Waals surface area contributed by atoms with Gasteiger partial charge in [0, 0.05) is 25.7 Å². The largest absolute Gasteiger partial charge is 0.386 e. The number of hydrogen-bond acceptors (Lipinski definition) is 4. The SMILES string of the molecule is CCCCO[C@@H]1CCN(C2CCCCC2OCC(O)c2ccccc2)C1. The monoisotopic (exact) mass is 361 g/mol. The van der Waals surface area contributed by atoms with E-state index in [9.17, 15) is 5.11 Å². The lowest BCUT2D eigenvalue weighted by molar-refractivity contribution is -0.0650. The van der Waals surface area contributed by atoms with Crippen molar-refractivity contribution in [3.63, 3.8) is 0 Å². The van der Waals surface area contributed by atoms with E-state index in [0.29, 0.717) is 18.8 Å². The van der Waals surface area contributed by atoms with E-state index in [0.717, 1.165) is 44.5 Å². The van der Waals surface area contributed by atoms with Crippen LogP contribution in [-0.2, 0) is 9.47 Å². The second kappa shape index (κ2) is 10.4. The molecule has 1 saturated heterocycles. The van der Waals surface area contributed by atoms with Crippen molar-refractivity contribution in [1.29, 1.82) is 0 Å². The van der Waals surface area contributed by atoms with Crippen molar-refractivity contribution in [3.05, 3.63) is 35.9 Å². The van der Waals surface area contributed by atoms with Crippen LogP contribution in [0.25, 0.3) is 0 Å². The summed E-state index contributed by atoms with van der Waals surface area (Å²) in [7, 11) is 0. The van der Waals surface area contributed by atoms with E-state index in [1.54, 1.807) is 0 Å². The summed E-state index contributed by atoms with van der Waals surface area (Å²) in [5.74, 6) is 0. The lowest BCUT2D eigenvalue weighted by atomic mass is 9.91. The molecule has 0 spiro atoms. The molecule has 0 radical (unpaired) electrons. The Morgan fingerprint density at radius 1 is 1.12 bits per heavy atom. The second-order valence-electron chi connectivity index (χ2n) is 7.78. The maximum absolute atomic E-state index is 10.4. The summed E-state index contributed by atoms with van der Waals surface area (Å²) < 4.78 is 12.3. The highest BCUT2D eigenvalue weighted by Gasteiger charge is 2.35. The van der Waals surface area contributed by atoms with Crippen molar-refractivity contribution < 1.29 is 14.6 Å². The first-order valence-corrected chi connectivity index (χ1v) is 10.5. The van der Waals surface area contributed by atoms with Crippen LogP contribution in [0.1, 0.15) is 63.5 Å². The summed E-state index contributed by atoms with van der Waals surface area (Å²) in [4.78, 5) is 2.58. The molecule has 3 unspecified atom stereocenters. The molecule has 0 aromatic heterocycles. The molecule has 1 aliphatic heterocycles. The lowest BCUT2D eigenvalue weighted by Gasteiger charge is -2.38. The smallest absolute Gasteiger partial charge is 0.102 e. The van der Waals surface area contributed by atoms with Crippen LogP contribution >= 0.6 is 0 Å². The number of aliphatic hydroxyl groups excluding tert-OH is 1. The second-order valence-corrected chi connectivity index (χ2v) is 7.78. The minimum absolute atomic E-state index is 0.233. The van der Waals surface area contributed by atoms with Crippen molar-refractivity contribution in [2.24, 2.45) is 0 Å². The highest BCUT2D eigenvalue weighted by Crippen LogP contribution is 2.29. The van der Waals surface area contributed by atoms with Gasteiger partial charge in [0.05, 0.1) is 18.8 Å². The van der Waals surface area contributed by atoms with Gasteiger partial charge in [0.1, 0.15) is 6.10 Å². The first kappa shape index (κ1) is 19.8. The Morgan fingerprint density at radius 2 is 1.92 bits per heavy atom. The van der Waals surface area contributed by atoms with E-state index in [4.69, 9.17) is 9.47 Å². The van der Waals surface area contributed by atoms with Gasteiger partial charge in [-0.1, -0.05) is 56.5 Å². The molecule has 4 heteroatoms. The molecule has 1 heterocycles. The Kier molecular flexibility index (Phi) is 7.93. The molecule has 0 bridgehead atoms. The van der Waals surface area contributed by atoms with Gasteiger partial charge in [-0.2, -0.15) is 0 Å². The first-order chi connectivity index (χ1) is 12.8. The fourth-order valence-corrected chi connectivity index (χ4v) is 4.26. The molecular formula is C22H35NO3. The van der Waals surface area contributed by atoms with E-state index < -0.39 is 6.10 Å². The van der Waals surface area contributed by atoms with Crippen molar-refractivity contribution >= 4 is 0 Å². The van der Waals surface area contributed by atoms with Gasteiger partial charge in [-0.3, -0.25) is 4.90 Å². The molecule has 1 aliphatic carbocycles. The fourth-order valence-electron chi connectivity index (χ4n) is 4.26. The topological polar surface area (TPSA) is 41.9 Å². The zero-order valence-corrected chi connectivity index (χ0v) is 16.2. The van der Waals surface area contributed by atoms with Gasteiger partial charge in [0.2, 0.25) is 0 Å². The van der Waals surface area contributed by atoms with Crippen molar-refractivity contribution in [1.82, 2.24) is 4.90 Å². The Balaban J connectivity index is 1.48. The van der Waals surface area contributed by atoms with Crippen LogP contribution in [-0.4, -0.2) is 54.6 Å². The molecular weight excluding hydrogens is 326 g/mol. The summed E-state index contributed by atoms with van der Waals surface area (Å²) in [5, 5.41) is 10.4. The summed E-state index contributed by atoms with van der Waals surface area (Å²) in [6, 6.07) is 10.3. The van der Waals surface area contributed by atoms with Crippen molar-refractivity contribution in [3.8, 4) is 0 Å². The number of likely N-dealkylation sites (tertiary alicyclic amines) is 1.